The van der Waals surface area contributed by atoms with Crippen molar-refractivity contribution in [2.45, 2.75) is 31.7 Å². The van der Waals surface area contributed by atoms with Gasteiger partial charge in [0.1, 0.15) is 5.75 Å². The first-order chi connectivity index (χ1) is 19.2. The molecule has 4 heterocycles. The summed E-state index contributed by atoms with van der Waals surface area (Å²) in [5.41, 5.74) is 3.34. The van der Waals surface area contributed by atoms with Crippen molar-refractivity contribution in [3.05, 3.63) is 78.4 Å². The maximum absolute atomic E-state index is 14.2. The van der Waals surface area contributed by atoms with Crippen molar-refractivity contribution in [1.82, 2.24) is 14.8 Å². The molecule has 3 aliphatic rings. The van der Waals surface area contributed by atoms with Crippen molar-refractivity contribution >= 4 is 16.8 Å². The van der Waals surface area contributed by atoms with E-state index in [0.717, 1.165) is 72.5 Å². The fraction of sp³-hybridized carbons (Fsp3) is 0.312. The molecular weight excluding hydrogens is 490 g/mol. The summed E-state index contributed by atoms with van der Waals surface area (Å²) in [7, 11) is 0. The Morgan fingerprint density at radius 1 is 0.872 bits per heavy atom. The predicted molar refractivity (Wildman–Crippen MR) is 150 cm³/mol. The standard InChI is InChI=1S/C32H31N3O4/c36-32(35-16-6-7-24(35)20-34-14-4-5-15-34)27-19-31(39-25-8-2-1-3-9-25)33-28-12-10-22(17-26(27)28)23-11-13-29-30(18-23)38-21-37-29/h1-3,8-13,17-19,24H,4-7,14-16,20-21H2/t24-/m0/s1. The number of pyridine rings is 1. The van der Waals surface area contributed by atoms with Gasteiger partial charge in [0, 0.05) is 30.6 Å². The molecule has 0 aliphatic carbocycles. The quantitative estimate of drug-likeness (QED) is 0.305. The minimum atomic E-state index is 0.0462. The summed E-state index contributed by atoms with van der Waals surface area (Å²) in [6.45, 7) is 4.22. The van der Waals surface area contributed by atoms with E-state index in [1.807, 2.05) is 66.7 Å². The van der Waals surface area contributed by atoms with Crippen LogP contribution < -0.4 is 14.2 Å². The normalized spacial score (nSPS) is 18.7. The number of para-hydroxylation sites is 1. The fourth-order valence-corrected chi connectivity index (χ4v) is 6.01. The average Bonchev–Trinajstić information content (AvgIpc) is 3.75. The van der Waals surface area contributed by atoms with Crippen molar-refractivity contribution in [2.24, 2.45) is 0 Å². The van der Waals surface area contributed by atoms with E-state index in [0.29, 0.717) is 17.2 Å². The number of hydrogen-bond acceptors (Lipinski definition) is 6. The lowest BCUT2D eigenvalue weighted by atomic mass is 9.99. The SMILES string of the molecule is O=C(c1cc(Oc2ccccc2)nc2ccc(-c3ccc4c(c3)OCO4)cc12)N1CCC[C@H]1CN1CCCC1. The average molecular weight is 522 g/mol. The molecule has 198 valence electrons. The lowest BCUT2D eigenvalue weighted by molar-refractivity contribution is 0.0710. The summed E-state index contributed by atoms with van der Waals surface area (Å²) < 4.78 is 17.2. The smallest absolute Gasteiger partial charge is 0.255 e. The van der Waals surface area contributed by atoms with Gasteiger partial charge in [0.25, 0.3) is 5.91 Å². The third-order valence-corrected chi connectivity index (χ3v) is 7.99. The van der Waals surface area contributed by atoms with Gasteiger partial charge in [0.15, 0.2) is 11.5 Å². The van der Waals surface area contributed by atoms with E-state index in [9.17, 15) is 4.79 Å². The van der Waals surface area contributed by atoms with Crippen LogP contribution in [0.25, 0.3) is 22.0 Å². The van der Waals surface area contributed by atoms with Crippen LogP contribution in [-0.4, -0.2) is 59.7 Å². The van der Waals surface area contributed by atoms with Crippen molar-refractivity contribution in [2.75, 3.05) is 33.0 Å². The van der Waals surface area contributed by atoms with Crippen LogP contribution in [-0.2, 0) is 0 Å². The molecule has 1 amide bonds. The Morgan fingerprint density at radius 3 is 2.54 bits per heavy atom. The third kappa shape index (κ3) is 4.79. The first-order valence-electron chi connectivity index (χ1n) is 13.8. The molecule has 3 aromatic carbocycles. The van der Waals surface area contributed by atoms with E-state index < -0.39 is 0 Å². The lowest BCUT2D eigenvalue weighted by Crippen LogP contribution is -2.42. The fourth-order valence-electron chi connectivity index (χ4n) is 6.01. The number of benzene rings is 3. The van der Waals surface area contributed by atoms with Gasteiger partial charge in [-0.15, -0.1) is 0 Å². The van der Waals surface area contributed by atoms with E-state index in [1.54, 1.807) is 0 Å². The molecule has 7 heteroatoms. The predicted octanol–water partition coefficient (Wildman–Crippen LogP) is 6.12. The molecule has 3 aliphatic heterocycles. The van der Waals surface area contributed by atoms with Crippen molar-refractivity contribution in [3.8, 4) is 34.3 Å². The van der Waals surface area contributed by atoms with Crippen LogP contribution in [0.3, 0.4) is 0 Å². The number of nitrogens with zero attached hydrogens (tertiary/aromatic N) is 3. The second-order valence-electron chi connectivity index (χ2n) is 10.5. The number of aromatic nitrogens is 1. The van der Waals surface area contributed by atoms with Crippen molar-refractivity contribution in [3.63, 3.8) is 0 Å². The molecule has 0 spiro atoms. The first-order valence-corrected chi connectivity index (χ1v) is 13.8. The zero-order valence-corrected chi connectivity index (χ0v) is 21.8. The molecule has 0 saturated carbocycles. The molecule has 39 heavy (non-hydrogen) atoms. The number of carbonyl (C=O) groups is 1. The lowest BCUT2D eigenvalue weighted by Gasteiger charge is -2.29. The number of carbonyl (C=O) groups excluding carboxylic acids is 1. The zero-order valence-electron chi connectivity index (χ0n) is 21.8. The van der Waals surface area contributed by atoms with Crippen LogP contribution in [0.5, 0.6) is 23.1 Å². The molecule has 0 radical (unpaired) electrons. The highest BCUT2D eigenvalue weighted by atomic mass is 16.7. The van der Waals surface area contributed by atoms with Gasteiger partial charge in [-0.05, 0) is 86.3 Å². The van der Waals surface area contributed by atoms with Gasteiger partial charge >= 0.3 is 0 Å². The van der Waals surface area contributed by atoms with Crippen LogP contribution in [0.1, 0.15) is 36.0 Å². The van der Waals surface area contributed by atoms with E-state index >= 15 is 0 Å². The summed E-state index contributed by atoms with van der Waals surface area (Å²) in [5, 5.41) is 0.822. The minimum absolute atomic E-state index is 0.0462. The molecule has 2 saturated heterocycles. The van der Waals surface area contributed by atoms with Gasteiger partial charge in [-0.2, -0.15) is 0 Å². The van der Waals surface area contributed by atoms with Gasteiger partial charge in [-0.25, -0.2) is 4.98 Å². The second kappa shape index (κ2) is 10.2. The van der Waals surface area contributed by atoms with Crippen LogP contribution in [0.4, 0.5) is 0 Å². The van der Waals surface area contributed by atoms with E-state index in [-0.39, 0.29) is 18.7 Å². The van der Waals surface area contributed by atoms with Crippen LogP contribution in [0, 0.1) is 0 Å². The highest BCUT2D eigenvalue weighted by molar-refractivity contribution is 6.07. The van der Waals surface area contributed by atoms with E-state index in [1.165, 1.54) is 12.8 Å². The Labute approximate surface area is 227 Å². The summed E-state index contributed by atoms with van der Waals surface area (Å²) >= 11 is 0. The molecule has 0 N–H and O–H groups in total. The number of hydrogen-bond donors (Lipinski definition) is 0. The third-order valence-electron chi connectivity index (χ3n) is 7.99. The van der Waals surface area contributed by atoms with Gasteiger partial charge in [0.2, 0.25) is 12.7 Å². The molecular formula is C32H31N3O4. The molecule has 4 aromatic rings. The number of rotatable bonds is 6. The number of fused-ring (bicyclic) bond motifs is 2. The minimum Gasteiger partial charge on any atom is -0.454 e. The summed E-state index contributed by atoms with van der Waals surface area (Å²) in [6.07, 6.45) is 4.57. The maximum Gasteiger partial charge on any atom is 0.255 e. The molecule has 1 aromatic heterocycles. The summed E-state index contributed by atoms with van der Waals surface area (Å²) in [5.74, 6) is 2.63. The van der Waals surface area contributed by atoms with Crippen molar-refractivity contribution < 1.29 is 19.0 Å². The Bertz CT molecular complexity index is 1520. The Morgan fingerprint density at radius 2 is 1.67 bits per heavy atom. The molecule has 0 unspecified atom stereocenters. The highest BCUT2D eigenvalue weighted by Gasteiger charge is 2.32. The van der Waals surface area contributed by atoms with Crippen LogP contribution in [0.15, 0.2) is 72.8 Å². The van der Waals surface area contributed by atoms with E-state index in [2.05, 4.69) is 15.9 Å². The van der Waals surface area contributed by atoms with Crippen LogP contribution in [0.2, 0.25) is 0 Å². The number of amides is 1. The Balaban J connectivity index is 1.28. The second-order valence-corrected chi connectivity index (χ2v) is 10.5. The first kappa shape index (κ1) is 24.0. The largest absolute Gasteiger partial charge is 0.454 e. The van der Waals surface area contributed by atoms with Gasteiger partial charge in [-0.1, -0.05) is 30.3 Å². The Hall–Kier alpha value is -4.10. The monoisotopic (exact) mass is 521 g/mol. The van der Waals surface area contributed by atoms with Crippen molar-refractivity contribution in [1.29, 1.82) is 0 Å². The molecule has 2 fully saturated rings. The molecule has 0 bridgehead atoms. The molecule has 7 nitrogen and oxygen atoms in total. The zero-order chi connectivity index (χ0) is 26.2. The van der Waals surface area contributed by atoms with E-state index in [4.69, 9.17) is 19.2 Å². The van der Waals surface area contributed by atoms with Gasteiger partial charge in [-0.3, -0.25) is 4.79 Å². The van der Waals surface area contributed by atoms with Crippen LogP contribution >= 0.6 is 0 Å². The topological polar surface area (TPSA) is 64.1 Å². The molecule has 1 atom stereocenters. The maximum atomic E-state index is 14.2. The highest BCUT2D eigenvalue weighted by Crippen LogP contribution is 2.37. The molecule has 7 rings (SSSR count). The number of likely N-dealkylation sites (tertiary alicyclic amines) is 2. The number of ether oxygens (including phenoxy) is 3. The van der Waals surface area contributed by atoms with Gasteiger partial charge < -0.3 is 24.0 Å². The summed E-state index contributed by atoms with van der Waals surface area (Å²) in [6, 6.07) is 23.6. The van der Waals surface area contributed by atoms with Gasteiger partial charge in [0.05, 0.1) is 11.1 Å². The Kier molecular flexibility index (Phi) is 6.29. The summed E-state index contributed by atoms with van der Waals surface area (Å²) in [4.78, 5) is 23.6.